The molecule has 2 heterocycles. The van der Waals surface area contributed by atoms with Crippen LogP contribution in [0.15, 0.2) is 12.1 Å². The second-order valence-corrected chi connectivity index (χ2v) is 9.91. The lowest BCUT2D eigenvalue weighted by atomic mass is 9.48. The average molecular weight is 385 g/mol. The molecule has 1 unspecified atom stereocenters. The van der Waals surface area contributed by atoms with Crippen molar-refractivity contribution in [3.8, 4) is 5.75 Å². The maximum Gasteiger partial charge on any atom is 0.127 e. The van der Waals surface area contributed by atoms with Crippen molar-refractivity contribution in [2.75, 3.05) is 26.2 Å². The van der Waals surface area contributed by atoms with E-state index in [0.29, 0.717) is 6.54 Å². The summed E-state index contributed by atoms with van der Waals surface area (Å²) in [7, 11) is 0. The summed E-state index contributed by atoms with van der Waals surface area (Å²) < 4.78 is 6.69. The predicted molar refractivity (Wildman–Crippen MR) is 107 cm³/mol. The molecule has 3 aliphatic carbocycles. The maximum atomic E-state index is 12.4. The minimum absolute atomic E-state index is 0.0430. The summed E-state index contributed by atoms with van der Waals surface area (Å²) in [4.78, 5) is 2.61. The largest absolute Gasteiger partial charge is 0.487 e. The second kappa shape index (κ2) is 5.94. The zero-order valence-electron chi connectivity index (χ0n) is 16.8. The molecule has 0 amide bonds. The third kappa shape index (κ3) is 2.11. The number of likely N-dealkylation sites (tertiary alicyclic amines) is 1. The van der Waals surface area contributed by atoms with Crippen molar-refractivity contribution in [3.63, 3.8) is 0 Å². The van der Waals surface area contributed by atoms with E-state index in [1.165, 1.54) is 29.5 Å². The van der Waals surface area contributed by atoms with Gasteiger partial charge in [-0.05, 0) is 69.0 Å². The molecule has 5 atom stereocenters. The first-order valence-electron chi connectivity index (χ1n) is 11.2. The number of benzene rings is 1. The Morgan fingerprint density at radius 1 is 1.25 bits per heavy atom. The highest BCUT2D eigenvalue weighted by Crippen LogP contribution is 2.64. The number of hydrogen-bond acceptors (Lipinski definition) is 5. The van der Waals surface area contributed by atoms with Crippen LogP contribution in [0, 0.1) is 12.8 Å². The molecule has 5 heteroatoms. The molecule has 3 N–H and O–H groups in total. The van der Waals surface area contributed by atoms with Crippen molar-refractivity contribution < 1.29 is 14.9 Å². The van der Waals surface area contributed by atoms with Crippen LogP contribution in [0.2, 0.25) is 0 Å². The van der Waals surface area contributed by atoms with Crippen molar-refractivity contribution in [1.29, 1.82) is 0 Å². The summed E-state index contributed by atoms with van der Waals surface area (Å²) in [5.74, 6) is 1.87. The van der Waals surface area contributed by atoms with Gasteiger partial charge in [0.05, 0.1) is 17.6 Å². The van der Waals surface area contributed by atoms with Gasteiger partial charge in [-0.15, -0.1) is 0 Å². The van der Waals surface area contributed by atoms with Gasteiger partial charge in [0.25, 0.3) is 0 Å². The Morgan fingerprint density at radius 3 is 2.89 bits per heavy atom. The zero-order chi connectivity index (χ0) is 19.1. The number of nitrogens with zero attached hydrogens (tertiary/aromatic N) is 1. The summed E-state index contributed by atoms with van der Waals surface area (Å²) in [5, 5.41) is 25.2. The van der Waals surface area contributed by atoms with E-state index in [1.54, 1.807) is 0 Å². The molecule has 0 radical (unpaired) electrons. The minimum atomic E-state index is -0.714. The van der Waals surface area contributed by atoms with Crippen LogP contribution < -0.4 is 10.1 Å². The summed E-state index contributed by atoms with van der Waals surface area (Å²) in [6.07, 6.45) is 6.29. The molecule has 6 rings (SSSR count). The van der Waals surface area contributed by atoms with Crippen LogP contribution in [-0.4, -0.2) is 65.1 Å². The smallest absolute Gasteiger partial charge is 0.127 e. The molecule has 28 heavy (non-hydrogen) atoms. The molecule has 2 aliphatic heterocycles. The van der Waals surface area contributed by atoms with Gasteiger partial charge >= 0.3 is 0 Å². The molecule has 152 valence electrons. The van der Waals surface area contributed by atoms with E-state index < -0.39 is 5.60 Å². The fraction of sp³-hybridized carbons (Fsp3) is 0.739. The number of nitrogens with one attached hydrogen (secondary N) is 1. The first kappa shape index (κ1) is 17.7. The van der Waals surface area contributed by atoms with E-state index in [9.17, 15) is 10.2 Å². The summed E-state index contributed by atoms with van der Waals surface area (Å²) >= 11 is 0. The summed E-state index contributed by atoms with van der Waals surface area (Å²) in [6.45, 7) is 5.05. The molecule has 5 aliphatic rings. The van der Waals surface area contributed by atoms with Gasteiger partial charge in [0.15, 0.2) is 0 Å². The Balaban J connectivity index is 1.49. The van der Waals surface area contributed by atoms with Crippen LogP contribution >= 0.6 is 0 Å². The highest BCUT2D eigenvalue weighted by molar-refractivity contribution is 5.60. The lowest BCUT2D eigenvalue weighted by Crippen LogP contribution is -2.78. The van der Waals surface area contributed by atoms with E-state index in [-0.39, 0.29) is 30.2 Å². The van der Waals surface area contributed by atoms with Crippen LogP contribution in [0.4, 0.5) is 0 Å². The molecule has 5 nitrogen and oxygen atoms in total. The number of hydrogen-bond donors (Lipinski definition) is 3. The van der Waals surface area contributed by atoms with Gasteiger partial charge in [0.1, 0.15) is 11.9 Å². The van der Waals surface area contributed by atoms with Crippen LogP contribution in [0.5, 0.6) is 5.75 Å². The van der Waals surface area contributed by atoms with Gasteiger partial charge in [-0.3, -0.25) is 4.90 Å². The normalized spacial score (nSPS) is 40.9. The van der Waals surface area contributed by atoms with Gasteiger partial charge in [0, 0.05) is 30.7 Å². The van der Waals surface area contributed by atoms with Crippen molar-refractivity contribution in [2.24, 2.45) is 5.92 Å². The minimum Gasteiger partial charge on any atom is -0.487 e. The summed E-state index contributed by atoms with van der Waals surface area (Å²) in [6, 6.07) is 4.87. The van der Waals surface area contributed by atoms with Crippen molar-refractivity contribution in [1.82, 2.24) is 10.2 Å². The van der Waals surface area contributed by atoms with E-state index >= 15 is 0 Å². The second-order valence-electron chi connectivity index (χ2n) is 9.91. The number of ether oxygens (including phenoxy) is 1. The van der Waals surface area contributed by atoms with E-state index in [1.807, 2.05) is 0 Å². The first-order valence-corrected chi connectivity index (χ1v) is 11.2. The fourth-order valence-electron chi connectivity index (χ4n) is 7.09. The highest BCUT2D eigenvalue weighted by atomic mass is 16.5. The van der Waals surface area contributed by atoms with Crippen molar-refractivity contribution >= 4 is 0 Å². The van der Waals surface area contributed by atoms with Crippen molar-refractivity contribution in [3.05, 3.63) is 28.8 Å². The van der Waals surface area contributed by atoms with Crippen LogP contribution in [0.25, 0.3) is 0 Å². The van der Waals surface area contributed by atoms with Gasteiger partial charge in [0.2, 0.25) is 0 Å². The van der Waals surface area contributed by atoms with Gasteiger partial charge < -0.3 is 20.3 Å². The molecule has 1 spiro atoms. The van der Waals surface area contributed by atoms with Gasteiger partial charge in [-0.2, -0.15) is 0 Å². The van der Waals surface area contributed by atoms with Gasteiger partial charge in [-0.1, -0.05) is 12.1 Å². The molecular weight excluding hydrogens is 352 g/mol. The molecule has 0 aromatic heterocycles. The highest BCUT2D eigenvalue weighted by Gasteiger charge is 2.72. The number of aliphatic hydroxyl groups excluding tert-OH is 1. The molecule has 2 saturated carbocycles. The lowest BCUT2D eigenvalue weighted by molar-refractivity contribution is -0.191. The third-order valence-corrected chi connectivity index (χ3v) is 8.50. The first-order chi connectivity index (χ1) is 13.6. The molecule has 1 aromatic carbocycles. The number of piperidine rings is 1. The van der Waals surface area contributed by atoms with Gasteiger partial charge in [-0.25, -0.2) is 0 Å². The Bertz CT molecular complexity index is 809. The van der Waals surface area contributed by atoms with Crippen LogP contribution in [-0.2, 0) is 11.8 Å². The third-order valence-electron chi connectivity index (χ3n) is 8.50. The SMILES string of the molecule is Cc1ccc2c3c1O[C@@H]1C(NCCO)CC[C@]4(O)[C@H](C2)N(CC2CC2)CC[C@@]314. The monoisotopic (exact) mass is 384 g/mol. The Morgan fingerprint density at radius 2 is 2.11 bits per heavy atom. The zero-order valence-corrected chi connectivity index (χ0v) is 16.8. The lowest BCUT2D eigenvalue weighted by Gasteiger charge is -2.64. The van der Waals surface area contributed by atoms with E-state index in [2.05, 4.69) is 29.3 Å². The van der Waals surface area contributed by atoms with E-state index in [4.69, 9.17) is 4.74 Å². The van der Waals surface area contributed by atoms with Crippen molar-refractivity contribution in [2.45, 2.75) is 74.7 Å². The Hall–Kier alpha value is -1.14. The molecule has 3 fully saturated rings. The Labute approximate surface area is 167 Å². The molecular formula is C23H32N2O3. The standard InChI is InChI=1S/C23H32N2O3/c1-14-2-5-16-12-18-23(27)7-6-17(24-9-11-26)21-22(23,19(16)20(14)28-21)8-10-25(18)13-15-3-4-15/h2,5,15,17-18,21,24,26-27H,3-4,6-13H2,1H3/t17?,18-,21+,22+,23-/m0/s1. The number of aryl methyl sites for hydroxylation is 1. The molecule has 1 aromatic rings. The fourth-order valence-corrected chi connectivity index (χ4v) is 7.09. The van der Waals surface area contributed by atoms with Crippen LogP contribution in [0.3, 0.4) is 0 Å². The van der Waals surface area contributed by atoms with Crippen LogP contribution in [0.1, 0.15) is 48.8 Å². The summed E-state index contributed by atoms with van der Waals surface area (Å²) in [5.41, 5.74) is 2.87. The Kier molecular flexibility index (Phi) is 3.76. The molecule has 2 bridgehead atoms. The predicted octanol–water partition coefficient (Wildman–Crippen LogP) is 1.51. The van der Waals surface area contributed by atoms with E-state index in [0.717, 1.165) is 50.4 Å². The number of rotatable bonds is 5. The quantitative estimate of drug-likeness (QED) is 0.718. The number of aliphatic hydroxyl groups is 2. The topological polar surface area (TPSA) is 65.0 Å². The maximum absolute atomic E-state index is 12.4. The average Bonchev–Trinajstić information content (AvgIpc) is 3.42. The molecule has 1 saturated heterocycles.